The van der Waals surface area contributed by atoms with Crippen LogP contribution in [0.25, 0.3) is 0 Å². The van der Waals surface area contributed by atoms with Crippen molar-refractivity contribution in [2.24, 2.45) is 0 Å². The van der Waals surface area contributed by atoms with E-state index in [4.69, 9.17) is 0 Å². The number of nitro groups is 2. The van der Waals surface area contributed by atoms with Crippen LogP contribution in [0.2, 0.25) is 0 Å². The van der Waals surface area contributed by atoms with E-state index in [9.17, 15) is 20.2 Å². The summed E-state index contributed by atoms with van der Waals surface area (Å²) >= 11 is 0. The van der Waals surface area contributed by atoms with Crippen molar-refractivity contribution >= 4 is 22.9 Å². The topological polar surface area (TPSA) is 118 Å². The molecule has 2 aromatic rings. The summed E-state index contributed by atoms with van der Waals surface area (Å²) < 4.78 is 0. The zero-order valence-electron chi connectivity index (χ0n) is 15.5. The molecule has 148 valence electrons. The third-order valence-electron chi connectivity index (χ3n) is 4.67. The minimum atomic E-state index is -0.638. The Labute approximate surface area is 162 Å². The molecule has 28 heavy (non-hydrogen) atoms. The molecule has 0 radical (unpaired) electrons. The molecule has 1 fully saturated rings. The highest BCUT2D eigenvalue weighted by Gasteiger charge is 2.23. The highest BCUT2D eigenvalue weighted by Crippen LogP contribution is 2.29. The second-order valence-corrected chi connectivity index (χ2v) is 6.74. The maximum absolute atomic E-state index is 11.3. The van der Waals surface area contributed by atoms with Gasteiger partial charge in [-0.05, 0) is 25.1 Å². The summed E-state index contributed by atoms with van der Waals surface area (Å²) in [6.45, 7) is 6.11. The van der Waals surface area contributed by atoms with E-state index < -0.39 is 9.85 Å². The van der Waals surface area contributed by atoms with Crippen molar-refractivity contribution in [3.8, 4) is 0 Å². The number of benzene rings is 1. The number of nitrogens with one attached hydrogen (secondary N) is 1. The van der Waals surface area contributed by atoms with E-state index in [2.05, 4.69) is 20.1 Å². The Morgan fingerprint density at radius 3 is 2.46 bits per heavy atom. The van der Waals surface area contributed by atoms with Crippen LogP contribution in [0.4, 0.5) is 22.9 Å². The fourth-order valence-corrected chi connectivity index (χ4v) is 3.31. The first-order valence-electron chi connectivity index (χ1n) is 9.02. The average Bonchev–Trinajstić information content (AvgIpc) is 2.69. The van der Waals surface area contributed by atoms with E-state index in [1.165, 1.54) is 12.1 Å². The van der Waals surface area contributed by atoms with Gasteiger partial charge in [0, 0.05) is 51.0 Å². The SMILES string of the molecule is CC(CN1CCN(c2ccccn2)CC1)Nc1ccc([N+](=O)[O-])cc1[N+](=O)[O-]. The third-order valence-corrected chi connectivity index (χ3v) is 4.67. The molecule has 0 bridgehead atoms. The first-order chi connectivity index (χ1) is 13.4. The first-order valence-corrected chi connectivity index (χ1v) is 9.02. The zero-order chi connectivity index (χ0) is 20.1. The summed E-state index contributed by atoms with van der Waals surface area (Å²) in [6, 6.07) is 9.46. The van der Waals surface area contributed by atoms with Gasteiger partial charge in [0.1, 0.15) is 11.5 Å². The maximum atomic E-state index is 11.3. The molecule has 1 unspecified atom stereocenters. The van der Waals surface area contributed by atoms with E-state index in [0.29, 0.717) is 6.54 Å². The predicted octanol–water partition coefficient (Wildman–Crippen LogP) is 2.52. The van der Waals surface area contributed by atoms with Gasteiger partial charge in [-0.25, -0.2) is 4.98 Å². The van der Waals surface area contributed by atoms with Gasteiger partial charge in [-0.2, -0.15) is 0 Å². The third kappa shape index (κ3) is 4.71. The van der Waals surface area contributed by atoms with Crippen LogP contribution in [0.15, 0.2) is 42.6 Å². The molecule has 10 nitrogen and oxygen atoms in total. The molecule has 1 aromatic heterocycles. The zero-order valence-corrected chi connectivity index (χ0v) is 15.5. The van der Waals surface area contributed by atoms with Gasteiger partial charge < -0.3 is 10.2 Å². The largest absolute Gasteiger partial charge is 0.376 e. The lowest BCUT2D eigenvalue weighted by molar-refractivity contribution is -0.393. The summed E-state index contributed by atoms with van der Waals surface area (Å²) in [5.74, 6) is 0.967. The van der Waals surface area contributed by atoms with Crippen molar-refractivity contribution in [3.05, 3.63) is 62.8 Å². The predicted molar refractivity (Wildman–Crippen MR) is 106 cm³/mol. The van der Waals surface area contributed by atoms with Crippen molar-refractivity contribution in [1.29, 1.82) is 0 Å². The number of piperazine rings is 1. The van der Waals surface area contributed by atoms with Gasteiger partial charge in [-0.1, -0.05) is 6.07 Å². The minimum absolute atomic E-state index is 0.0541. The quantitative estimate of drug-likeness (QED) is 0.570. The molecular weight excluding hydrogens is 364 g/mol. The lowest BCUT2D eigenvalue weighted by atomic mass is 10.2. The van der Waals surface area contributed by atoms with E-state index in [1.807, 2.05) is 25.1 Å². The molecule has 0 aliphatic carbocycles. The van der Waals surface area contributed by atoms with Crippen molar-refractivity contribution in [2.75, 3.05) is 42.9 Å². The highest BCUT2D eigenvalue weighted by atomic mass is 16.6. The number of non-ortho nitro benzene ring substituents is 1. The summed E-state index contributed by atoms with van der Waals surface area (Å²) in [7, 11) is 0. The number of anilines is 2. The van der Waals surface area contributed by atoms with Crippen LogP contribution < -0.4 is 10.2 Å². The monoisotopic (exact) mass is 386 g/mol. The van der Waals surface area contributed by atoms with Crippen LogP contribution in [-0.2, 0) is 0 Å². The lowest BCUT2D eigenvalue weighted by Gasteiger charge is -2.36. The van der Waals surface area contributed by atoms with E-state index in [1.54, 1.807) is 6.20 Å². The summed E-state index contributed by atoms with van der Waals surface area (Å²) in [6.07, 6.45) is 1.78. The molecule has 10 heteroatoms. The number of nitrogens with zero attached hydrogens (tertiary/aromatic N) is 5. The smallest absolute Gasteiger partial charge is 0.299 e. The number of aromatic nitrogens is 1. The summed E-state index contributed by atoms with van der Waals surface area (Å²) in [4.78, 5) is 29.8. The summed E-state index contributed by atoms with van der Waals surface area (Å²) in [5, 5.41) is 25.2. The van der Waals surface area contributed by atoms with Crippen molar-refractivity contribution in [2.45, 2.75) is 13.0 Å². The molecule has 1 aliphatic rings. The van der Waals surface area contributed by atoms with Crippen molar-refractivity contribution < 1.29 is 9.85 Å². The Kier molecular flexibility index (Phi) is 5.99. The molecule has 0 amide bonds. The maximum Gasteiger partial charge on any atom is 0.299 e. The Morgan fingerprint density at radius 1 is 1.11 bits per heavy atom. The standard InChI is InChI=1S/C18H22N6O4/c1-14(20-16-6-5-15(23(25)26)12-17(16)24(27)28)13-21-8-10-22(11-9-21)18-4-2-3-7-19-18/h2-7,12,14,20H,8-11,13H2,1H3. The van der Waals surface area contributed by atoms with Crippen LogP contribution in [0.3, 0.4) is 0 Å². The second kappa shape index (κ2) is 8.61. The fourth-order valence-electron chi connectivity index (χ4n) is 3.31. The molecule has 1 aliphatic heterocycles. The van der Waals surface area contributed by atoms with E-state index in [-0.39, 0.29) is 23.1 Å². The molecule has 1 aromatic carbocycles. The molecule has 0 saturated carbocycles. The van der Waals surface area contributed by atoms with Gasteiger partial charge in [0.25, 0.3) is 11.4 Å². The molecule has 0 spiro atoms. The van der Waals surface area contributed by atoms with E-state index in [0.717, 1.165) is 38.1 Å². The van der Waals surface area contributed by atoms with Crippen LogP contribution in [0, 0.1) is 20.2 Å². The number of pyridine rings is 1. The first kappa shape index (κ1) is 19.5. The van der Waals surface area contributed by atoms with Crippen LogP contribution in [-0.4, -0.2) is 58.5 Å². The lowest BCUT2D eigenvalue weighted by Crippen LogP contribution is -2.49. The van der Waals surface area contributed by atoms with Gasteiger partial charge in [0.2, 0.25) is 0 Å². The van der Waals surface area contributed by atoms with Crippen LogP contribution >= 0.6 is 0 Å². The van der Waals surface area contributed by atoms with Gasteiger partial charge in [0.05, 0.1) is 15.9 Å². The summed E-state index contributed by atoms with van der Waals surface area (Å²) in [5.41, 5.74) is -0.299. The van der Waals surface area contributed by atoms with Gasteiger partial charge in [0.15, 0.2) is 0 Å². The number of nitro benzene ring substituents is 2. The van der Waals surface area contributed by atoms with E-state index >= 15 is 0 Å². The second-order valence-electron chi connectivity index (χ2n) is 6.74. The van der Waals surface area contributed by atoms with Gasteiger partial charge >= 0.3 is 0 Å². The molecule has 2 heterocycles. The Morgan fingerprint density at radius 2 is 1.86 bits per heavy atom. The van der Waals surface area contributed by atoms with Crippen molar-refractivity contribution in [3.63, 3.8) is 0 Å². The van der Waals surface area contributed by atoms with Gasteiger partial charge in [-0.3, -0.25) is 25.1 Å². The minimum Gasteiger partial charge on any atom is -0.376 e. The molecule has 1 saturated heterocycles. The number of hydrogen-bond acceptors (Lipinski definition) is 8. The Hall–Kier alpha value is -3.27. The number of hydrogen-bond donors (Lipinski definition) is 1. The van der Waals surface area contributed by atoms with Gasteiger partial charge in [-0.15, -0.1) is 0 Å². The Balaban J connectivity index is 1.57. The fraction of sp³-hybridized carbons (Fsp3) is 0.389. The molecule has 1 atom stereocenters. The Bertz CT molecular complexity index is 839. The van der Waals surface area contributed by atoms with Crippen LogP contribution in [0.1, 0.15) is 6.92 Å². The molecule has 1 N–H and O–H groups in total. The highest BCUT2D eigenvalue weighted by molar-refractivity contribution is 5.65. The molecule has 3 rings (SSSR count). The average molecular weight is 386 g/mol. The number of rotatable bonds is 7. The van der Waals surface area contributed by atoms with Crippen molar-refractivity contribution in [1.82, 2.24) is 9.88 Å². The normalized spacial score (nSPS) is 15.8. The molecular formula is C18H22N6O4. The van der Waals surface area contributed by atoms with Crippen LogP contribution in [0.5, 0.6) is 0 Å².